The first-order valence-electron chi connectivity index (χ1n) is 9.97. The number of benzene rings is 3. The lowest BCUT2D eigenvalue weighted by molar-refractivity contribution is 0.208. The van der Waals surface area contributed by atoms with Gasteiger partial charge in [0.05, 0.1) is 13.2 Å². The molecule has 0 fully saturated rings. The molecule has 0 aliphatic carbocycles. The van der Waals surface area contributed by atoms with Crippen LogP contribution in [-0.4, -0.2) is 19.3 Å². The molecule has 3 nitrogen and oxygen atoms in total. The van der Waals surface area contributed by atoms with E-state index in [9.17, 15) is 0 Å². The van der Waals surface area contributed by atoms with Gasteiger partial charge in [-0.05, 0) is 42.7 Å². The number of anilines is 1. The van der Waals surface area contributed by atoms with Gasteiger partial charge in [-0.1, -0.05) is 61.5 Å². The van der Waals surface area contributed by atoms with Gasteiger partial charge in [-0.3, -0.25) is 0 Å². The van der Waals surface area contributed by atoms with Gasteiger partial charge in [0.2, 0.25) is 0 Å². The van der Waals surface area contributed by atoms with E-state index >= 15 is 0 Å². The van der Waals surface area contributed by atoms with Gasteiger partial charge in [0, 0.05) is 18.2 Å². The van der Waals surface area contributed by atoms with Crippen molar-refractivity contribution in [2.24, 2.45) is 0 Å². The van der Waals surface area contributed by atoms with Crippen LogP contribution in [0.3, 0.4) is 0 Å². The summed E-state index contributed by atoms with van der Waals surface area (Å²) in [6.45, 7) is 5.64. The highest BCUT2D eigenvalue weighted by Gasteiger charge is 2.10. The molecule has 3 aromatic rings. The van der Waals surface area contributed by atoms with Gasteiger partial charge in [0.15, 0.2) is 0 Å². The zero-order valence-electron chi connectivity index (χ0n) is 16.7. The first-order valence-corrected chi connectivity index (χ1v) is 9.97. The lowest BCUT2D eigenvalue weighted by atomic mass is 10.2. The molecule has 0 heterocycles. The van der Waals surface area contributed by atoms with E-state index in [4.69, 9.17) is 9.47 Å². The standard InChI is InChI=1S/C25H29NO2/c1-3-23(28-25-15-8-7-10-20(25)2)19-26-22-13-9-14-24(18-22)27-17-16-21-11-5-4-6-12-21/h4-15,18,23,26H,3,16-17,19H2,1-2H3. The van der Waals surface area contributed by atoms with Gasteiger partial charge in [0.25, 0.3) is 0 Å². The molecule has 28 heavy (non-hydrogen) atoms. The second kappa shape index (κ2) is 10.4. The van der Waals surface area contributed by atoms with Crippen molar-refractivity contribution >= 4 is 5.69 Å². The molecule has 3 aromatic carbocycles. The Morgan fingerprint density at radius 1 is 0.893 bits per heavy atom. The molecule has 1 N–H and O–H groups in total. The Hall–Kier alpha value is -2.94. The fourth-order valence-electron chi connectivity index (χ4n) is 3.00. The minimum absolute atomic E-state index is 0.115. The van der Waals surface area contributed by atoms with Crippen LogP contribution < -0.4 is 14.8 Å². The van der Waals surface area contributed by atoms with E-state index in [1.54, 1.807) is 0 Å². The van der Waals surface area contributed by atoms with E-state index in [1.807, 2.05) is 42.5 Å². The molecule has 0 aliphatic rings. The Bertz CT molecular complexity index is 848. The maximum atomic E-state index is 6.17. The van der Waals surface area contributed by atoms with Crippen LogP contribution in [0, 0.1) is 6.92 Å². The summed E-state index contributed by atoms with van der Waals surface area (Å²) in [6, 6.07) is 26.7. The number of ether oxygens (including phenoxy) is 2. The molecular weight excluding hydrogens is 346 g/mol. The van der Waals surface area contributed by atoms with E-state index < -0.39 is 0 Å². The van der Waals surface area contributed by atoms with Crippen LogP contribution >= 0.6 is 0 Å². The summed E-state index contributed by atoms with van der Waals surface area (Å²) in [7, 11) is 0. The molecule has 0 aromatic heterocycles. The summed E-state index contributed by atoms with van der Waals surface area (Å²) in [5.74, 6) is 1.84. The Kier molecular flexibility index (Phi) is 7.36. The average molecular weight is 376 g/mol. The molecule has 0 bridgehead atoms. The van der Waals surface area contributed by atoms with Crippen molar-refractivity contribution in [3.05, 3.63) is 90.0 Å². The topological polar surface area (TPSA) is 30.5 Å². The van der Waals surface area contributed by atoms with E-state index in [1.165, 1.54) is 5.56 Å². The predicted octanol–water partition coefficient (Wildman–Crippen LogP) is 5.89. The van der Waals surface area contributed by atoms with Crippen molar-refractivity contribution < 1.29 is 9.47 Å². The first kappa shape index (κ1) is 19.8. The van der Waals surface area contributed by atoms with Gasteiger partial charge in [-0.2, -0.15) is 0 Å². The molecule has 0 aliphatic heterocycles. The Balaban J connectivity index is 1.50. The number of rotatable bonds is 10. The maximum absolute atomic E-state index is 6.17. The summed E-state index contributed by atoms with van der Waals surface area (Å²) < 4.78 is 12.1. The maximum Gasteiger partial charge on any atom is 0.122 e. The summed E-state index contributed by atoms with van der Waals surface area (Å²) in [5.41, 5.74) is 3.50. The predicted molar refractivity (Wildman–Crippen MR) is 116 cm³/mol. The SMILES string of the molecule is CCC(CNc1cccc(OCCc2ccccc2)c1)Oc1ccccc1C. The Labute approximate surface area is 168 Å². The van der Waals surface area contributed by atoms with Gasteiger partial charge >= 0.3 is 0 Å². The lowest BCUT2D eigenvalue weighted by Crippen LogP contribution is -2.25. The second-order valence-electron chi connectivity index (χ2n) is 6.91. The molecular formula is C25H29NO2. The highest BCUT2D eigenvalue weighted by atomic mass is 16.5. The monoisotopic (exact) mass is 375 g/mol. The van der Waals surface area contributed by atoms with Crippen molar-refractivity contribution in [1.82, 2.24) is 0 Å². The summed E-state index contributed by atoms with van der Waals surface area (Å²) in [5, 5.41) is 3.48. The van der Waals surface area contributed by atoms with Crippen molar-refractivity contribution in [1.29, 1.82) is 0 Å². The molecule has 3 heteroatoms. The lowest BCUT2D eigenvalue weighted by Gasteiger charge is -2.20. The third kappa shape index (κ3) is 6.05. The van der Waals surface area contributed by atoms with Gasteiger partial charge in [0.1, 0.15) is 17.6 Å². The largest absolute Gasteiger partial charge is 0.493 e. The number of nitrogens with one attached hydrogen (secondary N) is 1. The van der Waals surface area contributed by atoms with Crippen LogP contribution in [0.15, 0.2) is 78.9 Å². The quantitative estimate of drug-likeness (QED) is 0.479. The third-order valence-corrected chi connectivity index (χ3v) is 4.71. The molecule has 3 rings (SSSR count). The Morgan fingerprint density at radius 3 is 2.46 bits per heavy atom. The summed E-state index contributed by atoms with van der Waals surface area (Å²) in [4.78, 5) is 0. The van der Waals surface area contributed by atoms with Crippen LogP contribution in [0.5, 0.6) is 11.5 Å². The molecule has 146 valence electrons. The first-order chi connectivity index (χ1) is 13.7. The van der Waals surface area contributed by atoms with Crippen LogP contribution in [0.2, 0.25) is 0 Å². The molecule has 0 saturated heterocycles. The van der Waals surface area contributed by atoms with Gasteiger partial charge in [-0.25, -0.2) is 0 Å². The zero-order valence-corrected chi connectivity index (χ0v) is 16.7. The van der Waals surface area contributed by atoms with Crippen molar-refractivity contribution in [2.75, 3.05) is 18.5 Å². The van der Waals surface area contributed by atoms with Crippen LogP contribution in [0.1, 0.15) is 24.5 Å². The highest BCUT2D eigenvalue weighted by molar-refractivity contribution is 5.48. The van der Waals surface area contributed by atoms with E-state index in [-0.39, 0.29) is 6.10 Å². The van der Waals surface area contributed by atoms with E-state index in [2.05, 4.69) is 55.6 Å². The molecule has 0 radical (unpaired) electrons. The number of hydrogen-bond acceptors (Lipinski definition) is 3. The van der Waals surface area contributed by atoms with Crippen LogP contribution in [0.25, 0.3) is 0 Å². The Morgan fingerprint density at radius 2 is 1.68 bits per heavy atom. The van der Waals surface area contributed by atoms with Crippen molar-refractivity contribution in [3.63, 3.8) is 0 Å². The van der Waals surface area contributed by atoms with Crippen LogP contribution in [-0.2, 0) is 6.42 Å². The summed E-state index contributed by atoms with van der Waals surface area (Å²) in [6.07, 6.45) is 1.96. The fourth-order valence-corrected chi connectivity index (χ4v) is 3.00. The highest BCUT2D eigenvalue weighted by Crippen LogP contribution is 2.21. The number of para-hydroxylation sites is 1. The van der Waals surface area contributed by atoms with Crippen molar-refractivity contribution in [2.45, 2.75) is 32.8 Å². The average Bonchev–Trinajstić information content (AvgIpc) is 2.73. The smallest absolute Gasteiger partial charge is 0.122 e. The van der Waals surface area contributed by atoms with Gasteiger partial charge < -0.3 is 14.8 Å². The van der Waals surface area contributed by atoms with Crippen LogP contribution in [0.4, 0.5) is 5.69 Å². The molecule has 0 saturated carbocycles. The zero-order chi connectivity index (χ0) is 19.6. The molecule has 1 atom stereocenters. The third-order valence-electron chi connectivity index (χ3n) is 4.71. The van der Waals surface area contributed by atoms with Gasteiger partial charge in [-0.15, -0.1) is 0 Å². The summed E-state index contributed by atoms with van der Waals surface area (Å²) >= 11 is 0. The fraction of sp³-hybridized carbons (Fsp3) is 0.280. The van der Waals surface area contributed by atoms with Crippen molar-refractivity contribution in [3.8, 4) is 11.5 Å². The second-order valence-corrected chi connectivity index (χ2v) is 6.91. The van der Waals surface area contributed by atoms with E-state index in [0.717, 1.165) is 42.1 Å². The number of aryl methyl sites for hydroxylation is 1. The molecule has 0 spiro atoms. The minimum Gasteiger partial charge on any atom is -0.493 e. The number of hydrogen-bond donors (Lipinski definition) is 1. The molecule has 1 unspecified atom stereocenters. The van der Waals surface area contributed by atoms with E-state index in [0.29, 0.717) is 6.61 Å². The molecule has 0 amide bonds. The normalized spacial score (nSPS) is 11.6. The minimum atomic E-state index is 0.115.